The highest BCUT2D eigenvalue weighted by atomic mass is 16.5. The van der Waals surface area contributed by atoms with Crippen molar-refractivity contribution in [3.63, 3.8) is 0 Å². The van der Waals surface area contributed by atoms with Gasteiger partial charge in [-0.3, -0.25) is 10.4 Å². The van der Waals surface area contributed by atoms with Crippen LogP contribution in [0.25, 0.3) is 0 Å². The fourth-order valence-corrected chi connectivity index (χ4v) is 2.05. The number of nitrogens with zero attached hydrogens (tertiary/aromatic N) is 2. The van der Waals surface area contributed by atoms with Gasteiger partial charge in [-0.15, -0.1) is 0 Å². The maximum Gasteiger partial charge on any atom is 0.350 e. The Hall–Kier alpha value is -2.84. The van der Waals surface area contributed by atoms with Gasteiger partial charge in [0.05, 0.1) is 24.6 Å². The van der Waals surface area contributed by atoms with Crippen molar-refractivity contribution in [2.75, 3.05) is 12.1 Å². The molecule has 0 bridgehead atoms. The van der Waals surface area contributed by atoms with E-state index < -0.39 is 6.03 Å². The van der Waals surface area contributed by atoms with Crippen molar-refractivity contribution in [2.45, 2.75) is 13.5 Å². The summed E-state index contributed by atoms with van der Waals surface area (Å²) in [4.78, 5) is 15.7. The van der Waals surface area contributed by atoms with Crippen LogP contribution in [0.1, 0.15) is 11.1 Å². The minimum atomic E-state index is -0.655. The molecular weight excluding hydrogens is 298 g/mol. The van der Waals surface area contributed by atoms with Crippen molar-refractivity contribution in [2.24, 2.45) is 11.7 Å². The zero-order valence-corrected chi connectivity index (χ0v) is 12.9. The first kappa shape index (κ1) is 16.5. The van der Waals surface area contributed by atoms with Crippen LogP contribution < -0.4 is 31.6 Å². The molecule has 1 aromatic carbocycles. The van der Waals surface area contributed by atoms with E-state index >= 15 is 0 Å². The number of ether oxygens (including phenoxy) is 2. The van der Waals surface area contributed by atoms with E-state index in [1.807, 2.05) is 18.4 Å². The molecule has 2 rings (SSSR count). The molecule has 0 radical (unpaired) electrons. The Morgan fingerprint density at radius 3 is 2.78 bits per heavy atom. The summed E-state index contributed by atoms with van der Waals surface area (Å²) in [5.41, 5.74) is 3.97. The van der Waals surface area contributed by atoms with Crippen molar-refractivity contribution in [1.82, 2.24) is 10.4 Å². The van der Waals surface area contributed by atoms with E-state index in [1.165, 1.54) is 7.11 Å². The summed E-state index contributed by atoms with van der Waals surface area (Å²) >= 11 is 0. The number of anilines is 1. The molecule has 2 aromatic rings. The van der Waals surface area contributed by atoms with E-state index in [0.717, 1.165) is 10.6 Å². The highest BCUT2D eigenvalue weighted by Gasteiger charge is 2.18. The van der Waals surface area contributed by atoms with Gasteiger partial charge in [0.1, 0.15) is 18.1 Å². The SMILES string of the molecule is COc1cccc(N(N)C(=O)NN)c1COc1cnccc1C. The Morgan fingerprint density at radius 2 is 2.13 bits per heavy atom. The maximum atomic E-state index is 11.7. The molecular formula is C15H19N5O3. The maximum absolute atomic E-state index is 11.7. The summed E-state index contributed by atoms with van der Waals surface area (Å²) < 4.78 is 11.1. The van der Waals surface area contributed by atoms with Gasteiger partial charge in [-0.1, -0.05) is 6.07 Å². The number of aromatic nitrogens is 1. The fourth-order valence-electron chi connectivity index (χ4n) is 2.05. The summed E-state index contributed by atoms with van der Waals surface area (Å²) in [7, 11) is 1.53. The number of methoxy groups -OCH3 is 1. The van der Waals surface area contributed by atoms with E-state index in [-0.39, 0.29) is 6.61 Å². The first-order chi connectivity index (χ1) is 11.1. The number of hydrogen-bond donors (Lipinski definition) is 3. The predicted molar refractivity (Wildman–Crippen MR) is 85.7 cm³/mol. The third kappa shape index (κ3) is 3.68. The molecule has 5 N–H and O–H groups in total. The quantitative estimate of drug-likeness (QED) is 0.434. The number of rotatable bonds is 5. The van der Waals surface area contributed by atoms with Gasteiger partial charge in [0, 0.05) is 6.20 Å². The molecule has 0 aliphatic heterocycles. The van der Waals surface area contributed by atoms with Gasteiger partial charge in [-0.05, 0) is 30.7 Å². The van der Waals surface area contributed by atoms with Crippen molar-refractivity contribution in [3.8, 4) is 11.5 Å². The number of urea groups is 1. The highest BCUT2D eigenvalue weighted by Crippen LogP contribution is 2.30. The van der Waals surface area contributed by atoms with Crippen LogP contribution in [-0.2, 0) is 6.61 Å². The Bertz CT molecular complexity index is 693. The van der Waals surface area contributed by atoms with Gasteiger partial charge >= 0.3 is 6.03 Å². The average molecular weight is 317 g/mol. The van der Waals surface area contributed by atoms with Gasteiger partial charge in [0.2, 0.25) is 0 Å². The van der Waals surface area contributed by atoms with Crippen LogP contribution >= 0.6 is 0 Å². The molecule has 0 aliphatic rings. The van der Waals surface area contributed by atoms with Crippen molar-refractivity contribution in [1.29, 1.82) is 0 Å². The zero-order valence-electron chi connectivity index (χ0n) is 12.9. The van der Waals surface area contributed by atoms with E-state index in [4.69, 9.17) is 21.2 Å². The number of carbonyl (C=O) groups is 1. The van der Waals surface area contributed by atoms with Crippen LogP contribution in [-0.4, -0.2) is 18.1 Å². The normalized spacial score (nSPS) is 10.1. The Labute approximate surface area is 133 Å². The number of aryl methyl sites for hydroxylation is 1. The highest BCUT2D eigenvalue weighted by molar-refractivity contribution is 5.91. The topological polar surface area (TPSA) is 116 Å². The molecule has 0 saturated heterocycles. The molecule has 1 aromatic heterocycles. The monoisotopic (exact) mass is 317 g/mol. The number of hydrazine groups is 2. The summed E-state index contributed by atoms with van der Waals surface area (Å²) in [6.45, 7) is 2.06. The molecule has 2 amide bonds. The second kappa shape index (κ2) is 7.43. The number of carbonyl (C=O) groups excluding carboxylic acids is 1. The van der Waals surface area contributed by atoms with Crippen molar-refractivity contribution >= 4 is 11.7 Å². The smallest absolute Gasteiger partial charge is 0.350 e. The Morgan fingerprint density at radius 1 is 1.35 bits per heavy atom. The Kier molecular flexibility index (Phi) is 5.34. The third-order valence-corrected chi connectivity index (χ3v) is 3.29. The molecule has 8 nitrogen and oxygen atoms in total. The predicted octanol–water partition coefficient (Wildman–Crippen LogP) is 1.24. The van der Waals surface area contributed by atoms with Gasteiger partial charge in [-0.2, -0.15) is 0 Å². The van der Waals surface area contributed by atoms with E-state index in [2.05, 4.69) is 4.98 Å². The van der Waals surface area contributed by atoms with Gasteiger partial charge in [0.15, 0.2) is 0 Å². The lowest BCUT2D eigenvalue weighted by molar-refractivity contribution is 0.246. The summed E-state index contributed by atoms with van der Waals surface area (Å²) in [5, 5.41) is 0.900. The van der Waals surface area contributed by atoms with Crippen LogP contribution in [0.5, 0.6) is 11.5 Å². The first-order valence-electron chi connectivity index (χ1n) is 6.83. The molecule has 0 fully saturated rings. The zero-order chi connectivity index (χ0) is 16.8. The lowest BCUT2D eigenvalue weighted by atomic mass is 10.1. The molecule has 23 heavy (non-hydrogen) atoms. The number of nitrogens with two attached hydrogens (primary N) is 2. The number of pyridine rings is 1. The summed E-state index contributed by atoms with van der Waals surface area (Å²) in [6.07, 6.45) is 3.31. The van der Waals surface area contributed by atoms with Crippen LogP contribution in [0.3, 0.4) is 0 Å². The number of hydrogen-bond acceptors (Lipinski definition) is 6. The molecule has 8 heteroatoms. The molecule has 0 atom stereocenters. The summed E-state index contributed by atoms with van der Waals surface area (Å²) in [5.74, 6) is 12.1. The third-order valence-electron chi connectivity index (χ3n) is 3.29. The lowest BCUT2D eigenvalue weighted by Crippen LogP contribution is -2.48. The molecule has 122 valence electrons. The van der Waals surface area contributed by atoms with Crippen LogP contribution in [0.15, 0.2) is 36.7 Å². The van der Waals surface area contributed by atoms with Gasteiger partial charge < -0.3 is 9.47 Å². The van der Waals surface area contributed by atoms with Gasteiger partial charge in [-0.25, -0.2) is 21.5 Å². The minimum absolute atomic E-state index is 0.150. The van der Waals surface area contributed by atoms with Crippen LogP contribution in [0.4, 0.5) is 10.5 Å². The number of nitrogens with one attached hydrogen (secondary N) is 1. The molecule has 0 saturated carbocycles. The fraction of sp³-hybridized carbons (Fsp3) is 0.200. The lowest BCUT2D eigenvalue weighted by Gasteiger charge is -2.21. The van der Waals surface area contributed by atoms with Crippen LogP contribution in [0, 0.1) is 6.92 Å². The molecule has 0 unspecified atom stereocenters. The van der Waals surface area contributed by atoms with Crippen molar-refractivity contribution < 1.29 is 14.3 Å². The van der Waals surface area contributed by atoms with Crippen LogP contribution in [0.2, 0.25) is 0 Å². The minimum Gasteiger partial charge on any atom is -0.496 e. The first-order valence-corrected chi connectivity index (χ1v) is 6.83. The number of benzene rings is 1. The average Bonchev–Trinajstić information content (AvgIpc) is 2.59. The standard InChI is InChI=1S/C15H19N5O3/c1-10-6-7-18-8-14(10)23-9-11-12(20(17)15(21)19-16)4-3-5-13(11)22-2/h3-8H,9,16-17H2,1-2H3,(H,19,21). The van der Waals surface area contributed by atoms with E-state index in [0.29, 0.717) is 22.7 Å². The Balaban J connectivity index is 2.32. The largest absolute Gasteiger partial charge is 0.496 e. The molecule has 0 spiro atoms. The van der Waals surface area contributed by atoms with E-state index in [1.54, 1.807) is 30.6 Å². The second-order valence-corrected chi connectivity index (χ2v) is 4.71. The summed E-state index contributed by atoms with van der Waals surface area (Å²) in [6, 6.07) is 6.34. The molecule has 1 heterocycles. The van der Waals surface area contributed by atoms with Gasteiger partial charge in [0.25, 0.3) is 0 Å². The second-order valence-electron chi connectivity index (χ2n) is 4.71. The molecule has 0 aliphatic carbocycles. The van der Waals surface area contributed by atoms with E-state index in [9.17, 15) is 4.79 Å². The van der Waals surface area contributed by atoms with Crippen molar-refractivity contribution in [3.05, 3.63) is 47.8 Å². The number of amides is 2.